The van der Waals surface area contributed by atoms with E-state index < -0.39 is 0 Å². The normalized spacial score (nSPS) is 13.3. The van der Waals surface area contributed by atoms with Gasteiger partial charge in [-0.2, -0.15) is 0 Å². The van der Waals surface area contributed by atoms with Crippen LogP contribution in [0.3, 0.4) is 0 Å². The van der Waals surface area contributed by atoms with Crippen LogP contribution in [-0.2, 0) is 16.0 Å². The van der Waals surface area contributed by atoms with Crippen LogP contribution >= 0.6 is 24.0 Å². The Morgan fingerprint density at radius 3 is 3.06 bits per heavy atom. The molecule has 1 heterocycles. The Labute approximate surface area is 116 Å². The van der Waals surface area contributed by atoms with Crippen LogP contribution in [0.25, 0.3) is 0 Å². The van der Waals surface area contributed by atoms with Gasteiger partial charge in [0.05, 0.1) is 12.4 Å². The van der Waals surface area contributed by atoms with Crippen LogP contribution in [0, 0.1) is 0 Å². The molecule has 0 bridgehead atoms. The highest BCUT2D eigenvalue weighted by Gasteiger charge is 2.24. The molecule has 0 N–H and O–H groups in total. The van der Waals surface area contributed by atoms with Gasteiger partial charge in [0.15, 0.2) is 0 Å². The van der Waals surface area contributed by atoms with Gasteiger partial charge in [-0.25, -0.2) is 0 Å². The summed E-state index contributed by atoms with van der Waals surface area (Å²) in [5, 5.41) is 0. The molecule has 0 atom stereocenters. The lowest BCUT2D eigenvalue weighted by molar-refractivity contribution is -0.116. The van der Waals surface area contributed by atoms with Crippen molar-refractivity contribution in [3.63, 3.8) is 0 Å². The summed E-state index contributed by atoms with van der Waals surface area (Å²) in [4.78, 5) is 13.9. The molecule has 3 nitrogen and oxygen atoms in total. The molecular weight excluding hydrogens is 266 g/mol. The fourth-order valence-corrected chi connectivity index (χ4v) is 2.85. The number of anilines is 1. The minimum Gasteiger partial charge on any atom is -0.479 e. The number of hydrogen-bond acceptors (Lipinski definition) is 4. The number of carbonyl (C=O) groups excluding carboxylic acids is 1. The van der Waals surface area contributed by atoms with E-state index in [1.807, 2.05) is 30.0 Å². The second-order valence-corrected chi connectivity index (χ2v) is 5.47. The summed E-state index contributed by atoms with van der Waals surface area (Å²) < 4.78 is 5.59. The molecule has 18 heavy (non-hydrogen) atoms. The predicted molar refractivity (Wildman–Crippen MR) is 79.2 cm³/mol. The van der Waals surface area contributed by atoms with Gasteiger partial charge in [0, 0.05) is 12.2 Å². The first-order valence-corrected chi connectivity index (χ1v) is 7.29. The van der Waals surface area contributed by atoms with Crippen LogP contribution in [0.2, 0.25) is 0 Å². The Morgan fingerprint density at radius 1 is 1.50 bits per heavy atom. The summed E-state index contributed by atoms with van der Waals surface area (Å²) in [6.45, 7) is 3.19. The molecule has 0 aliphatic carbocycles. The highest BCUT2D eigenvalue weighted by Crippen LogP contribution is 2.28. The SMILES string of the molecule is CCOC(=S)SCC(=O)N1CCc2ccccc21. The molecule has 0 fully saturated rings. The number of ether oxygens (including phenoxy) is 1. The van der Waals surface area contributed by atoms with E-state index in [1.54, 1.807) is 0 Å². The first-order chi connectivity index (χ1) is 8.72. The van der Waals surface area contributed by atoms with Gasteiger partial charge < -0.3 is 9.64 Å². The van der Waals surface area contributed by atoms with Crippen LogP contribution < -0.4 is 4.90 Å². The van der Waals surface area contributed by atoms with Gasteiger partial charge in [0.2, 0.25) is 10.3 Å². The van der Waals surface area contributed by atoms with Crippen molar-refractivity contribution in [3.05, 3.63) is 29.8 Å². The van der Waals surface area contributed by atoms with Crippen molar-refractivity contribution < 1.29 is 9.53 Å². The lowest BCUT2D eigenvalue weighted by Gasteiger charge is -2.17. The van der Waals surface area contributed by atoms with E-state index in [-0.39, 0.29) is 5.91 Å². The van der Waals surface area contributed by atoms with Gasteiger partial charge in [-0.1, -0.05) is 30.0 Å². The van der Waals surface area contributed by atoms with Crippen molar-refractivity contribution in [1.82, 2.24) is 0 Å². The van der Waals surface area contributed by atoms with Crippen LogP contribution in [0.4, 0.5) is 5.69 Å². The molecule has 0 saturated carbocycles. The molecular formula is C13H15NO2S2. The lowest BCUT2D eigenvalue weighted by Crippen LogP contribution is -2.30. The number of hydrogen-bond donors (Lipinski definition) is 0. The van der Waals surface area contributed by atoms with Crippen LogP contribution in [0.15, 0.2) is 24.3 Å². The quantitative estimate of drug-likeness (QED) is 0.797. The summed E-state index contributed by atoms with van der Waals surface area (Å²) in [5.41, 5.74) is 2.27. The van der Waals surface area contributed by atoms with Crippen molar-refractivity contribution >= 4 is 40.0 Å². The van der Waals surface area contributed by atoms with Gasteiger partial charge >= 0.3 is 0 Å². The second-order valence-electron chi connectivity index (χ2n) is 3.90. The van der Waals surface area contributed by atoms with Crippen molar-refractivity contribution in [1.29, 1.82) is 0 Å². The number of para-hydroxylation sites is 1. The summed E-state index contributed by atoms with van der Waals surface area (Å²) >= 11 is 6.28. The van der Waals surface area contributed by atoms with Gasteiger partial charge in [-0.05, 0) is 37.2 Å². The van der Waals surface area contributed by atoms with Crippen molar-refractivity contribution in [2.75, 3.05) is 23.8 Å². The Kier molecular flexibility index (Phi) is 4.60. The highest BCUT2D eigenvalue weighted by atomic mass is 32.2. The Morgan fingerprint density at radius 2 is 2.28 bits per heavy atom. The zero-order valence-corrected chi connectivity index (χ0v) is 11.9. The zero-order chi connectivity index (χ0) is 13.0. The molecule has 0 radical (unpaired) electrons. The number of carbonyl (C=O) groups is 1. The first-order valence-electron chi connectivity index (χ1n) is 5.90. The summed E-state index contributed by atoms with van der Waals surface area (Å²) in [5.74, 6) is 0.430. The summed E-state index contributed by atoms with van der Waals surface area (Å²) in [7, 11) is 0. The lowest BCUT2D eigenvalue weighted by atomic mass is 10.2. The number of rotatable bonds is 3. The molecule has 0 saturated heterocycles. The van der Waals surface area contributed by atoms with Crippen molar-refractivity contribution in [2.24, 2.45) is 0 Å². The monoisotopic (exact) mass is 281 g/mol. The highest BCUT2D eigenvalue weighted by molar-refractivity contribution is 8.23. The zero-order valence-electron chi connectivity index (χ0n) is 10.2. The average Bonchev–Trinajstić information content (AvgIpc) is 2.80. The molecule has 5 heteroatoms. The second kappa shape index (κ2) is 6.20. The van der Waals surface area contributed by atoms with Crippen LogP contribution in [0.5, 0.6) is 0 Å². The van der Waals surface area contributed by atoms with Gasteiger partial charge in [0.1, 0.15) is 0 Å². The predicted octanol–water partition coefficient (Wildman–Crippen LogP) is 2.63. The summed E-state index contributed by atoms with van der Waals surface area (Å²) in [6.07, 6.45) is 0.933. The van der Waals surface area contributed by atoms with E-state index >= 15 is 0 Å². The number of thiocarbonyl (C=S) groups is 1. The molecule has 1 aromatic carbocycles. The molecule has 0 aromatic heterocycles. The number of amides is 1. The fraction of sp³-hybridized carbons (Fsp3) is 0.385. The first kappa shape index (κ1) is 13.4. The van der Waals surface area contributed by atoms with Gasteiger partial charge in [-0.3, -0.25) is 4.79 Å². The standard InChI is InChI=1S/C13H15NO2S2/c1-2-16-13(17)18-9-12(15)14-8-7-10-5-3-4-6-11(10)14/h3-6H,2,7-9H2,1H3. The number of thioether (sulfide) groups is 1. The Hall–Kier alpha value is -1.07. The minimum atomic E-state index is 0.0898. The van der Waals surface area contributed by atoms with E-state index in [0.717, 1.165) is 18.7 Å². The minimum absolute atomic E-state index is 0.0898. The van der Waals surface area contributed by atoms with E-state index in [0.29, 0.717) is 16.7 Å². The summed E-state index contributed by atoms with van der Waals surface area (Å²) in [6, 6.07) is 8.03. The number of fused-ring (bicyclic) bond motifs is 1. The third-order valence-electron chi connectivity index (χ3n) is 2.76. The largest absolute Gasteiger partial charge is 0.479 e. The molecule has 1 amide bonds. The molecule has 0 spiro atoms. The van der Waals surface area contributed by atoms with E-state index in [2.05, 4.69) is 6.07 Å². The third-order valence-corrected chi connectivity index (χ3v) is 3.98. The Bertz CT molecular complexity index is 462. The third kappa shape index (κ3) is 3.03. The number of benzene rings is 1. The molecule has 2 rings (SSSR count). The Balaban J connectivity index is 1.93. The van der Waals surface area contributed by atoms with E-state index in [1.165, 1.54) is 17.3 Å². The number of nitrogens with zero attached hydrogens (tertiary/aromatic N) is 1. The maximum absolute atomic E-state index is 12.1. The molecule has 1 aromatic rings. The molecule has 1 aliphatic heterocycles. The van der Waals surface area contributed by atoms with Crippen LogP contribution in [0.1, 0.15) is 12.5 Å². The molecule has 0 unspecified atom stereocenters. The van der Waals surface area contributed by atoms with Crippen molar-refractivity contribution in [3.8, 4) is 0 Å². The van der Waals surface area contributed by atoms with E-state index in [4.69, 9.17) is 17.0 Å². The maximum Gasteiger partial charge on any atom is 0.237 e. The topological polar surface area (TPSA) is 29.5 Å². The van der Waals surface area contributed by atoms with Gasteiger partial charge in [-0.15, -0.1) is 0 Å². The van der Waals surface area contributed by atoms with E-state index in [9.17, 15) is 4.79 Å². The van der Waals surface area contributed by atoms with Crippen molar-refractivity contribution in [2.45, 2.75) is 13.3 Å². The molecule has 96 valence electrons. The maximum atomic E-state index is 12.1. The fourth-order valence-electron chi connectivity index (χ4n) is 1.96. The van der Waals surface area contributed by atoms with Gasteiger partial charge in [0.25, 0.3) is 0 Å². The molecule has 1 aliphatic rings. The average molecular weight is 281 g/mol. The smallest absolute Gasteiger partial charge is 0.237 e. The van der Waals surface area contributed by atoms with Crippen LogP contribution in [-0.4, -0.2) is 29.2 Å².